The van der Waals surface area contributed by atoms with E-state index in [2.05, 4.69) is 5.32 Å². The average molecular weight is 298 g/mol. The van der Waals surface area contributed by atoms with Crippen molar-refractivity contribution >= 4 is 17.5 Å². The van der Waals surface area contributed by atoms with Crippen LogP contribution in [0.1, 0.15) is 34.5 Å². The van der Waals surface area contributed by atoms with Crippen LogP contribution >= 0.6 is 0 Å². The molecule has 0 aliphatic carbocycles. The molecule has 0 radical (unpaired) electrons. The van der Waals surface area contributed by atoms with E-state index in [1.807, 2.05) is 19.1 Å². The second-order valence-electron chi connectivity index (χ2n) is 5.41. The molecule has 2 heterocycles. The summed E-state index contributed by atoms with van der Waals surface area (Å²) in [5.41, 5.74) is 2.37. The van der Waals surface area contributed by atoms with Gasteiger partial charge in [0.2, 0.25) is 5.91 Å². The summed E-state index contributed by atoms with van der Waals surface area (Å²) in [6.45, 7) is 3.01. The molecule has 114 valence electrons. The van der Waals surface area contributed by atoms with E-state index in [1.165, 1.54) is 0 Å². The van der Waals surface area contributed by atoms with Gasteiger partial charge in [0.25, 0.3) is 5.91 Å². The van der Waals surface area contributed by atoms with Gasteiger partial charge >= 0.3 is 0 Å². The number of hydrogen-bond donors (Lipinski definition) is 1. The van der Waals surface area contributed by atoms with E-state index < -0.39 is 0 Å². The molecule has 0 unspecified atom stereocenters. The van der Waals surface area contributed by atoms with Gasteiger partial charge in [-0.25, -0.2) is 0 Å². The maximum Gasteiger partial charge on any atom is 0.251 e. The lowest BCUT2D eigenvalue weighted by Gasteiger charge is -2.19. The van der Waals surface area contributed by atoms with Crippen LogP contribution in [0, 0.1) is 6.92 Å². The monoisotopic (exact) mass is 298 g/mol. The van der Waals surface area contributed by atoms with Crippen LogP contribution in [-0.2, 0) is 11.3 Å². The number of furan rings is 1. The Morgan fingerprint density at radius 1 is 1.36 bits per heavy atom. The first kappa shape index (κ1) is 14.4. The SMILES string of the molecule is Cc1ccc(C(=O)NCc2ccco2)cc1N1CCCC1=O. The lowest BCUT2D eigenvalue weighted by Crippen LogP contribution is -2.26. The highest BCUT2D eigenvalue weighted by molar-refractivity contribution is 5.99. The fourth-order valence-electron chi connectivity index (χ4n) is 2.63. The molecule has 1 N–H and O–H groups in total. The first-order valence-electron chi connectivity index (χ1n) is 7.37. The molecule has 5 heteroatoms. The van der Waals surface area contributed by atoms with Crippen LogP contribution in [0.2, 0.25) is 0 Å². The molecule has 0 spiro atoms. The van der Waals surface area contributed by atoms with Crippen molar-refractivity contribution in [3.8, 4) is 0 Å². The summed E-state index contributed by atoms with van der Waals surface area (Å²) in [5, 5.41) is 2.81. The number of nitrogens with zero attached hydrogens (tertiary/aromatic N) is 1. The van der Waals surface area contributed by atoms with Crippen LogP contribution in [0.15, 0.2) is 41.0 Å². The van der Waals surface area contributed by atoms with Crippen molar-refractivity contribution in [1.29, 1.82) is 0 Å². The number of carbonyl (C=O) groups is 2. The molecule has 0 atom stereocenters. The topological polar surface area (TPSA) is 62.6 Å². The summed E-state index contributed by atoms with van der Waals surface area (Å²) in [5.74, 6) is 0.649. The zero-order chi connectivity index (χ0) is 15.5. The van der Waals surface area contributed by atoms with Gasteiger partial charge in [-0.2, -0.15) is 0 Å². The highest BCUT2D eigenvalue weighted by atomic mass is 16.3. The number of anilines is 1. The Morgan fingerprint density at radius 2 is 2.23 bits per heavy atom. The first-order valence-corrected chi connectivity index (χ1v) is 7.37. The van der Waals surface area contributed by atoms with Crippen molar-refractivity contribution in [2.45, 2.75) is 26.3 Å². The molecule has 1 aromatic carbocycles. The van der Waals surface area contributed by atoms with Crippen LogP contribution < -0.4 is 10.2 Å². The van der Waals surface area contributed by atoms with Crippen molar-refractivity contribution in [1.82, 2.24) is 5.32 Å². The Bertz CT molecular complexity index is 692. The molecule has 1 aromatic heterocycles. The Morgan fingerprint density at radius 3 is 2.91 bits per heavy atom. The maximum atomic E-state index is 12.2. The van der Waals surface area contributed by atoms with Crippen molar-refractivity contribution in [2.24, 2.45) is 0 Å². The van der Waals surface area contributed by atoms with Crippen LogP contribution in [-0.4, -0.2) is 18.4 Å². The quantitative estimate of drug-likeness (QED) is 0.944. The van der Waals surface area contributed by atoms with Gasteiger partial charge < -0.3 is 14.6 Å². The molecule has 5 nitrogen and oxygen atoms in total. The van der Waals surface area contributed by atoms with Crippen molar-refractivity contribution in [3.63, 3.8) is 0 Å². The summed E-state index contributed by atoms with van der Waals surface area (Å²) in [4.78, 5) is 25.9. The first-order chi connectivity index (χ1) is 10.6. The minimum absolute atomic E-state index is 0.122. The molecule has 1 saturated heterocycles. The van der Waals surface area contributed by atoms with Crippen LogP contribution in [0.5, 0.6) is 0 Å². The van der Waals surface area contributed by atoms with Crippen molar-refractivity contribution in [2.75, 3.05) is 11.4 Å². The minimum Gasteiger partial charge on any atom is -0.467 e. The van der Waals surface area contributed by atoms with Gasteiger partial charge in [-0.1, -0.05) is 6.07 Å². The van der Waals surface area contributed by atoms with Gasteiger partial charge in [0, 0.05) is 24.2 Å². The second kappa shape index (κ2) is 6.05. The highest BCUT2D eigenvalue weighted by Crippen LogP contribution is 2.26. The fourth-order valence-corrected chi connectivity index (χ4v) is 2.63. The number of carbonyl (C=O) groups excluding carboxylic acids is 2. The summed E-state index contributed by atoms with van der Waals surface area (Å²) in [6.07, 6.45) is 3.02. The summed E-state index contributed by atoms with van der Waals surface area (Å²) < 4.78 is 5.19. The lowest BCUT2D eigenvalue weighted by molar-refractivity contribution is -0.117. The predicted molar refractivity (Wildman–Crippen MR) is 82.6 cm³/mol. The third-order valence-electron chi connectivity index (χ3n) is 3.84. The smallest absolute Gasteiger partial charge is 0.251 e. The van der Waals surface area contributed by atoms with Gasteiger partial charge in [-0.15, -0.1) is 0 Å². The van der Waals surface area contributed by atoms with Crippen LogP contribution in [0.25, 0.3) is 0 Å². The van der Waals surface area contributed by atoms with Crippen LogP contribution in [0.3, 0.4) is 0 Å². The molecule has 1 aliphatic heterocycles. The van der Waals surface area contributed by atoms with Gasteiger partial charge in [0.05, 0.1) is 12.8 Å². The average Bonchev–Trinajstić information content (AvgIpc) is 3.17. The lowest BCUT2D eigenvalue weighted by atomic mass is 10.1. The van der Waals surface area contributed by atoms with Crippen LogP contribution in [0.4, 0.5) is 5.69 Å². The zero-order valence-electron chi connectivity index (χ0n) is 12.5. The molecular formula is C17H18N2O3. The number of amides is 2. The van der Waals surface area contributed by atoms with Gasteiger partial charge in [-0.3, -0.25) is 9.59 Å². The number of aryl methyl sites for hydroxylation is 1. The van der Waals surface area contributed by atoms with Gasteiger partial charge in [-0.05, 0) is 43.2 Å². The number of nitrogens with one attached hydrogen (secondary N) is 1. The Labute approximate surface area is 128 Å². The highest BCUT2D eigenvalue weighted by Gasteiger charge is 2.23. The summed E-state index contributed by atoms with van der Waals surface area (Å²) in [7, 11) is 0. The van der Waals surface area contributed by atoms with E-state index in [0.29, 0.717) is 24.3 Å². The third kappa shape index (κ3) is 2.88. The minimum atomic E-state index is -0.177. The zero-order valence-corrected chi connectivity index (χ0v) is 12.5. The summed E-state index contributed by atoms with van der Waals surface area (Å²) in [6, 6.07) is 9.03. The van der Waals surface area contributed by atoms with E-state index >= 15 is 0 Å². The molecule has 0 saturated carbocycles. The van der Waals surface area contributed by atoms with Gasteiger partial charge in [0.15, 0.2) is 0 Å². The van der Waals surface area contributed by atoms with E-state index in [9.17, 15) is 9.59 Å². The Hall–Kier alpha value is -2.56. The third-order valence-corrected chi connectivity index (χ3v) is 3.84. The molecular weight excluding hydrogens is 280 g/mol. The van der Waals surface area contributed by atoms with E-state index in [1.54, 1.807) is 29.4 Å². The second-order valence-corrected chi connectivity index (χ2v) is 5.41. The van der Waals surface area contributed by atoms with E-state index in [-0.39, 0.29) is 11.8 Å². The van der Waals surface area contributed by atoms with Crippen molar-refractivity contribution in [3.05, 3.63) is 53.5 Å². The summed E-state index contributed by atoms with van der Waals surface area (Å²) >= 11 is 0. The number of benzene rings is 1. The predicted octanol–water partition coefficient (Wildman–Crippen LogP) is 2.64. The van der Waals surface area contributed by atoms with Crippen molar-refractivity contribution < 1.29 is 14.0 Å². The molecule has 1 aliphatic rings. The molecule has 1 fully saturated rings. The normalized spacial score (nSPS) is 14.4. The standard InChI is InChI=1S/C17H18N2O3/c1-12-6-7-13(10-15(12)19-8-2-5-16(19)20)17(21)18-11-14-4-3-9-22-14/h3-4,6-7,9-10H,2,5,8,11H2,1H3,(H,18,21). The maximum absolute atomic E-state index is 12.2. The Balaban J connectivity index is 1.76. The van der Waals surface area contributed by atoms with Gasteiger partial charge in [0.1, 0.15) is 5.76 Å². The van der Waals surface area contributed by atoms with E-state index in [0.717, 1.165) is 24.2 Å². The molecule has 3 rings (SSSR count). The number of hydrogen-bond acceptors (Lipinski definition) is 3. The molecule has 22 heavy (non-hydrogen) atoms. The number of rotatable bonds is 4. The fraction of sp³-hybridized carbons (Fsp3) is 0.294. The molecule has 2 amide bonds. The molecule has 0 bridgehead atoms. The van der Waals surface area contributed by atoms with E-state index in [4.69, 9.17) is 4.42 Å². The largest absolute Gasteiger partial charge is 0.467 e. The molecule has 2 aromatic rings. The Kier molecular flexibility index (Phi) is 3.96.